The van der Waals surface area contributed by atoms with E-state index in [1.807, 2.05) is 0 Å². The number of carbonyl (C=O) groups excluding carboxylic acids is 2. The second-order valence-electron chi connectivity index (χ2n) is 5.74. The van der Waals surface area contributed by atoms with E-state index < -0.39 is 11.7 Å². The summed E-state index contributed by atoms with van der Waals surface area (Å²) < 4.78 is 13.3. The first kappa shape index (κ1) is 19.2. The van der Waals surface area contributed by atoms with Crippen LogP contribution in [0.3, 0.4) is 0 Å². The number of carbonyl (C=O) groups is 2. The first-order valence-corrected chi connectivity index (χ1v) is 8.98. The Morgan fingerprint density at radius 3 is 2.42 bits per heavy atom. The van der Waals surface area contributed by atoms with Crippen molar-refractivity contribution in [2.75, 3.05) is 16.8 Å². The Hall–Kier alpha value is -1.53. The van der Waals surface area contributed by atoms with Crippen LogP contribution in [-0.2, 0) is 9.59 Å². The predicted octanol–water partition coefficient (Wildman–Crippen LogP) is 5.43. The van der Waals surface area contributed by atoms with Crippen molar-refractivity contribution in [3.63, 3.8) is 0 Å². The zero-order valence-electron chi connectivity index (χ0n) is 13.0. The molecule has 1 unspecified atom stereocenters. The van der Waals surface area contributed by atoms with Gasteiger partial charge in [0.05, 0.1) is 31.7 Å². The van der Waals surface area contributed by atoms with Gasteiger partial charge in [0, 0.05) is 18.7 Å². The van der Waals surface area contributed by atoms with Gasteiger partial charge in [0.2, 0.25) is 11.8 Å². The maximum atomic E-state index is 13.3. The average Bonchev–Trinajstić information content (AvgIpc) is 2.97. The van der Waals surface area contributed by atoms with Gasteiger partial charge in [0.15, 0.2) is 0 Å². The van der Waals surface area contributed by atoms with Crippen LogP contribution in [0.1, 0.15) is 6.42 Å². The minimum absolute atomic E-state index is 0.0137. The number of amides is 2. The minimum Gasteiger partial charge on any atom is -0.324 e. The number of benzene rings is 2. The van der Waals surface area contributed by atoms with Gasteiger partial charge < -0.3 is 10.2 Å². The molecule has 1 heterocycles. The third-order valence-electron chi connectivity index (χ3n) is 3.98. The van der Waals surface area contributed by atoms with E-state index in [0.717, 1.165) is 0 Å². The van der Waals surface area contributed by atoms with Crippen molar-refractivity contribution in [2.45, 2.75) is 6.42 Å². The van der Waals surface area contributed by atoms with Gasteiger partial charge >= 0.3 is 0 Å². The van der Waals surface area contributed by atoms with Crippen molar-refractivity contribution in [2.24, 2.45) is 5.92 Å². The smallest absolute Gasteiger partial charge is 0.229 e. The largest absolute Gasteiger partial charge is 0.324 e. The molecule has 1 aliphatic heterocycles. The van der Waals surface area contributed by atoms with Gasteiger partial charge in [-0.1, -0.05) is 46.4 Å². The van der Waals surface area contributed by atoms with Gasteiger partial charge in [0.1, 0.15) is 5.82 Å². The Labute approximate surface area is 168 Å². The molecule has 9 heteroatoms. The lowest BCUT2D eigenvalue weighted by atomic mass is 10.1. The Balaban J connectivity index is 1.75. The molecule has 3 rings (SSSR count). The summed E-state index contributed by atoms with van der Waals surface area (Å²) in [7, 11) is 0. The number of anilines is 2. The quantitative estimate of drug-likeness (QED) is 0.653. The molecule has 1 saturated heterocycles. The number of hydrogen-bond donors (Lipinski definition) is 1. The number of nitrogens with one attached hydrogen (secondary N) is 1. The summed E-state index contributed by atoms with van der Waals surface area (Å²) in [4.78, 5) is 26.1. The number of hydrogen-bond acceptors (Lipinski definition) is 2. The van der Waals surface area contributed by atoms with Crippen LogP contribution >= 0.6 is 46.4 Å². The van der Waals surface area contributed by atoms with E-state index in [1.165, 1.54) is 35.2 Å². The van der Waals surface area contributed by atoms with Gasteiger partial charge in [-0.25, -0.2) is 4.39 Å². The minimum atomic E-state index is -0.600. The molecule has 1 atom stereocenters. The molecule has 2 aromatic rings. The Morgan fingerprint density at radius 2 is 1.73 bits per heavy atom. The molecule has 0 aliphatic carbocycles. The first-order chi connectivity index (χ1) is 12.3. The number of halogens is 5. The fourth-order valence-electron chi connectivity index (χ4n) is 2.64. The molecule has 0 aromatic heterocycles. The van der Waals surface area contributed by atoms with Crippen molar-refractivity contribution >= 4 is 69.6 Å². The second-order valence-corrected chi connectivity index (χ2v) is 7.37. The summed E-state index contributed by atoms with van der Waals surface area (Å²) in [6, 6.07) is 6.83. The predicted molar refractivity (Wildman–Crippen MR) is 102 cm³/mol. The fourth-order valence-corrected chi connectivity index (χ4v) is 3.41. The Bertz CT molecular complexity index is 907. The van der Waals surface area contributed by atoms with Crippen molar-refractivity contribution < 1.29 is 14.0 Å². The van der Waals surface area contributed by atoms with Crippen molar-refractivity contribution in [1.29, 1.82) is 0 Å². The van der Waals surface area contributed by atoms with Gasteiger partial charge in [-0.3, -0.25) is 9.59 Å². The summed E-state index contributed by atoms with van der Waals surface area (Å²) in [5, 5.41) is 3.31. The monoisotopic (exact) mass is 434 g/mol. The van der Waals surface area contributed by atoms with Crippen molar-refractivity contribution in [1.82, 2.24) is 0 Å². The molecule has 1 N–H and O–H groups in total. The number of rotatable bonds is 3. The summed E-state index contributed by atoms with van der Waals surface area (Å²) in [6.45, 7) is 0.144. The zero-order valence-corrected chi connectivity index (χ0v) is 16.1. The maximum absolute atomic E-state index is 13.3. The van der Waals surface area contributed by atoms with Crippen LogP contribution in [0.15, 0.2) is 30.3 Å². The van der Waals surface area contributed by atoms with Crippen LogP contribution in [0.4, 0.5) is 15.8 Å². The molecule has 1 fully saturated rings. The third kappa shape index (κ3) is 3.91. The van der Waals surface area contributed by atoms with E-state index >= 15 is 0 Å². The summed E-state index contributed by atoms with van der Waals surface area (Å²) >= 11 is 23.6. The van der Waals surface area contributed by atoms with Gasteiger partial charge in [-0.2, -0.15) is 0 Å². The SMILES string of the molecule is O=C(Nc1cc(Cl)c(Cl)cc1Cl)C1CC(=O)N(c2ccc(F)c(Cl)c2)C1. The molecule has 136 valence electrons. The highest BCUT2D eigenvalue weighted by molar-refractivity contribution is 6.44. The molecule has 0 bridgehead atoms. The normalized spacial score (nSPS) is 16.9. The molecule has 0 saturated carbocycles. The lowest BCUT2D eigenvalue weighted by molar-refractivity contribution is -0.122. The topological polar surface area (TPSA) is 49.4 Å². The Kier molecular flexibility index (Phi) is 5.63. The highest BCUT2D eigenvalue weighted by atomic mass is 35.5. The summed E-state index contributed by atoms with van der Waals surface area (Å²) in [5.74, 6) is -1.81. The maximum Gasteiger partial charge on any atom is 0.229 e. The molecular formula is C17H11Cl4FN2O2. The van der Waals surface area contributed by atoms with Crippen LogP contribution in [0.25, 0.3) is 0 Å². The molecular weight excluding hydrogens is 425 g/mol. The molecule has 2 aromatic carbocycles. The second kappa shape index (κ2) is 7.61. The molecule has 0 radical (unpaired) electrons. The molecule has 4 nitrogen and oxygen atoms in total. The van der Waals surface area contributed by atoms with E-state index in [0.29, 0.717) is 11.4 Å². The standard InChI is InChI=1S/C17H11Cl4FN2O2/c18-10-5-13(21)15(6-11(10)19)23-17(26)8-3-16(25)24(7-8)9-1-2-14(22)12(20)4-9/h1-2,4-6,8H,3,7H2,(H,23,26). The van der Waals surface area contributed by atoms with E-state index in [-0.39, 0.29) is 44.9 Å². The summed E-state index contributed by atoms with van der Waals surface area (Å²) in [5.41, 5.74) is 0.742. The van der Waals surface area contributed by atoms with Gasteiger partial charge in [-0.05, 0) is 30.3 Å². The van der Waals surface area contributed by atoms with Gasteiger partial charge in [-0.15, -0.1) is 0 Å². The molecule has 26 heavy (non-hydrogen) atoms. The van der Waals surface area contributed by atoms with Crippen LogP contribution in [0.5, 0.6) is 0 Å². The van der Waals surface area contributed by atoms with Crippen LogP contribution in [0, 0.1) is 11.7 Å². The van der Waals surface area contributed by atoms with Crippen LogP contribution < -0.4 is 10.2 Å². The van der Waals surface area contributed by atoms with Crippen LogP contribution in [-0.4, -0.2) is 18.4 Å². The van der Waals surface area contributed by atoms with Gasteiger partial charge in [0.25, 0.3) is 0 Å². The van der Waals surface area contributed by atoms with Crippen LogP contribution in [0.2, 0.25) is 20.1 Å². The van der Waals surface area contributed by atoms with E-state index in [1.54, 1.807) is 0 Å². The van der Waals surface area contributed by atoms with Crippen molar-refractivity contribution in [3.8, 4) is 0 Å². The fraction of sp³-hybridized carbons (Fsp3) is 0.176. The lowest BCUT2D eigenvalue weighted by Gasteiger charge is -2.17. The molecule has 2 amide bonds. The van der Waals surface area contributed by atoms with E-state index in [2.05, 4.69) is 5.32 Å². The van der Waals surface area contributed by atoms with E-state index in [4.69, 9.17) is 46.4 Å². The molecule has 0 spiro atoms. The molecule has 1 aliphatic rings. The highest BCUT2D eigenvalue weighted by Gasteiger charge is 2.35. The Morgan fingerprint density at radius 1 is 1.04 bits per heavy atom. The summed E-state index contributed by atoms with van der Waals surface area (Å²) in [6.07, 6.45) is 0.0137. The van der Waals surface area contributed by atoms with E-state index in [9.17, 15) is 14.0 Å². The lowest BCUT2D eigenvalue weighted by Crippen LogP contribution is -2.28. The van der Waals surface area contributed by atoms with Crippen molar-refractivity contribution in [3.05, 3.63) is 56.2 Å². The first-order valence-electron chi connectivity index (χ1n) is 7.47. The highest BCUT2D eigenvalue weighted by Crippen LogP contribution is 2.34. The zero-order chi connectivity index (χ0) is 19.0. The number of nitrogens with zero attached hydrogens (tertiary/aromatic N) is 1. The average molecular weight is 436 g/mol. The third-order valence-corrected chi connectivity index (χ3v) is 5.30.